The van der Waals surface area contributed by atoms with Gasteiger partial charge in [-0.15, -0.1) is 0 Å². The minimum Gasteiger partial charge on any atom is -0.497 e. The highest BCUT2D eigenvalue weighted by atomic mass is 16.5. The molecule has 0 aliphatic carbocycles. The quantitative estimate of drug-likeness (QED) is 0.370. The number of methoxy groups -OCH3 is 2. The van der Waals surface area contributed by atoms with E-state index < -0.39 is 0 Å². The van der Waals surface area contributed by atoms with Gasteiger partial charge in [-0.05, 0) is 30.0 Å². The van der Waals surface area contributed by atoms with Crippen LogP contribution in [-0.2, 0) is 16.0 Å². The van der Waals surface area contributed by atoms with Gasteiger partial charge in [-0.3, -0.25) is 4.79 Å². The molecule has 0 spiro atoms. The fraction of sp³-hybridized carbons (Fsp3) is 0.579. The first kappa shape index (κ1) is 21.8. The van der Waals surface area contributed by atoms with Crippen molar-refractivity contribution in [2.45, 2.75) is 13.3 Å². The summed E-state index contributed by atoms with van der Waals surface area (Å²) in [6, 6.07) is 8.11. The molecule has 2 N–H and O–H groups in total. The number of benzene rings is 1. The van der Waals surface area contributed by atoms with Gasteiger partial charge in [0.15, 0.2) is 5.96 Å². The molecule has 1 rings (SSSR count). The summed E-state index contributed by atoms with van der Waals surface area (Å²) in [5.74, 6) is 1.85. The Hall–Kier alpha value is -2.28. The zero-order valence-electron chi connectivity index (χ0n) is 16.5. The Labute approximate surface area is 156 Å². The maximum Gasteiger partial charge on any atom is 0.243 e. The number of nitrogens with zero attached hydrogens (tertiary/aromatic N) is 2. The zero-order valence-corrected chi connectivity index (χ0v) is 16.5. The van der Waals surface area contributed by atoms with E-state index in [9.17, 15) is 4.79 Å². The summed E-state index contributed by atoms with van der Waals surface area (Å²) >= 11 is 0. The Kier molecular flexibility index (Phi) is 10.2. The number of rotatable bonds is 10. The first-order valence-electron chi connectivity index (χ1n) is 8.80. The second kappa shape index (κ2) is 12.1. The van der Waals surface area contributed by atoms with Crippen molar-refractivity contribution in [2.75, 3.05) is 54.6 Å². The molecule has 1 aromatic rings. The summed E-state index contributed by atoms with van der Waals surface area (Å²) < 4.78 is 10.2. The Morgan fingerprint density at radius 2 is 1.88 bits per heavy atom. The number of likely N-dealkylation sites (N-methyl/N-ethyl adjacent to an activating group) is 1. The molecule has 0 aliphatic heterocycles. The van der Waals surface area contributed by atoms with Crippen LogP contribution in [0.2, 0.25) is 0 Å². The SMILES string of the molecule is COCCNC(=NCC(=O)N(C)C)NCC(C)Cc1ccc(OC)cc1. The Bertz CT molecular complexity index is 558. The molecule has 0 fully saturated rings. The van der Waals surface area contributed by atoms with E-state index >= 15 is 0 Å². The van der Waals surface area contributed by atoms with E-state index in [1.165, 1.54) is 10.5 Å². The molecule has 0 aliphatic rings. The van der Waals surface area contributed by atoms with Crippen LogP contribution >= 0.6 is 0 Å². The highest BCUT2D eigenvalue weighted by Gasteiger charge is 2.08. The van der Waals surface area contributed by atoms with E-state index in [2.05, 4.69) is 34.7 Å². The Balaban J connectivity index is 2.53. The predicted molar refractivity (Wildman–Crippen MR) is 105 cm³/mol. The molecule has 0 bridgehead atoms. The van der Waals surface area contributed by atoms with Crippen LogP contribution in [0, 0.1) is 5.92 Å². The van der Waals surface area contributed by atoms with E-state index in [0.717, 1.165) is 18.7 Å². The first-order chi connectivity index (χ1) is 12.5. The van der Waals surface area contributed by atoms with Gasteiger partial charge in [-0.25, -0.2) is 4.99 Å². The molecule has 26 heavy (non-hydrogen) atoms. The standard InChI is InChI=1S/C19H32N4O3/c1-15(12-16-6-8-17(26-5)9-7-16)13-21-19(20-10-11-25-4)22-14-18(24)23(2)3/h6-9,15H,10-14H2,1-5H3,(H2,20,21,22). The van der Waals surface area contributed by atoms with Crippen molar-refractivity contribution in [3.8, 4) is 5.75 Å². The fourth-order valence-corrected chi connectivity index (χ4v) is 2.24. The van der Waals surface area contributed by atoms with Crippen LogP contribution in [0.4, 0.5) is 0 Å². The van der Waals surface area contributed by atoms with E-state index in [1.54, 1.807) is 28.3 Å². The average molecular weight is 364 g/mol. The van der Waals surface area contributed by atoms with Crippen molar-refractivity contribution < 1.29 is 14.3 Å². The summed E-state index contributed by atoms with van der Waals surface area (Å²) in [6.45, 7) is 4.24. The zero-order chi connectivity index (χ0) is 19.4. The van der Waals surface area contributed by atoms with E-state index in [1.807, 2.05) is 12.1 Å². The molecule has 146 valence electrons. The minimum atomic E-state index is -0.0378. The largest absolute Gasteiger partial charge is 0.497 e. The lowest BCUT2D eigenvalue weighted by atomic mass is 10.0. The van der Waals surface area contributed by atoms with Gasteiger partial charge in [0.2, 0.25) is 5.91 Å². The summed E-state index contributed by atoms with van der Waals surface area (Å²) in [6.07, 6.45) is 0.943. The first-order valence-corrected chi connectivity index (χ1v) is 8.80. The number of aliphatic imine (C=N–C) groups is 1. The molecule has 0 saturated heterocycles. The van der Waals surface area contributed by atoms with Crippen LogP contribution in [0.15, 0.2) is 29.3 Å². The lowest BCUT2D eigenvalue weighted by Gasteiger charge is -2.17. The van der Waals surface area contributed by atoms with Crippen molar-refractivity contribution in [3.05, 3.63) is 29.8 Å². The lowest BCUT2D eigenvalue weighted by molar-refractivity contribution is -0.127. The van der Waals surface area contributed by atoms with Crippen LogP contribution in [0.1, 0.15) is 12.5 Å². The van der Waals surface area contributed by atoms with Crippen molar-refractivity contribution in [1.29, 1.82) is 0 Å². The molecular formula is C19H32N4O3. The molecule has 7 heteroatoms. The van der Waals surface area contributed by atoms with Crippen molar-refractivity contribution in [3.63, 3.8) is 0 Å². The van der Waals surface area contributed by atoms with Gasteiger partial charge < -0.3 is 25.0 Å². The van der Waals surface area contributed by atoms with Gasteiger partial charge in [-0.1, -0.05) is 19.1 Å². The highest BCUT2D eigenvalue weighted by Crippen LogP contribution is 2.14. The van der Waals surface area contributed by atoms with Crippen LogP contribution in [-0.4, -0.2) is 71.3 Å². The van der Waals surface area contributed by atoms with Gasteiger partial charge in [0, 0.05) is 34.3 Å². The predicted octanol–water partition coefficient (Wildman–Crippen LogP) is 1.14. The molecule has 7 nitrogen and oxygen atoms in total. The second-order valence-electron chi connectivity index (χ2n) is 6.41. The monoisotopic (exact) mass is 364 g/mol. The minimum absolute atomic E-state index is 0.0378. The lowest BCUT2D eigenvalue weighted by Crippen LogP contribution is -2.42. The van der Waals surface area contributed by atoms with Gasteiger partial charge in [0.1, 0.15) is 12.3 Å². The van der Waals surface area contributed by atoms with Gasteiger partial charge in [0.05, 0.1) is 13.7 Å². The third kappa shape index (κ3) is 8.71. The molecular weight excluding hydrogens is 332 g/mol. The molecule has 0 saturated carbocycles. The number of guanidine groups is 1. The highest BCUT2D eigenvalue weighted by molar-refractivity contribution is 5.84. The third-order valence-electron chi connectivity index (χ3n) is 3.83. The number of hydrogen-bond donors (Lipinski definition) is 2. The number of ether oxygens (including phenoxy) is 2. The molecule has 1 aromatic carbocycles. The Morgan fingerprint density at radius 1 is 1.19 bits per heavy atom. The molecule has 0 heterocycles. The second-order valence-corrected chi connectivity index (χ2v) is 6.41. The number of nitrogens with one attached hydrogen (secondary N) is 2. The normalized spacial score (nSPS) is 12.4. The summed E-state index contributed by atoms with van der Waals surface area (Å²) in [4.78, 5) is 17.6. The van der Waals surface area contributed by atoms with Crippen molar-refractivity contribution in [2.24, 2.45) is 10.9 Å². The Morgan fingerprint density at radius 3 is 2.46 bits per heavy atom. The topological polar surface area (TPSA) is 75.2 Å². The maximum absolute atomic E-state index is 11.7. The van der Waals surface area contributed by atoms with Crippen LogP contribution in [0.25, 0.3) is 0 Å². The van der Waals surface area contributed by atoms with Gasteiger partial charge in [-0.2, -0.15) is 0 Å². The third-order valence-corrected chi connectivity index (χ3v) is 3.83. The molecule has 1 amide bonds. The van der Waals surface area contributed by atoms with Crippen LogP contribution in [0.5, 0.6) is 5.75 Å². The smallest absolute Gasteiger partial charge is 0.243 e. The average Bonchev–Trinajstić information content (AvgIpc) is 2.63. The maximum atomic E-state index is 11.7. The van der Waals surface area contributed by atoms with Crippen molar-refractivity contribution in [1.82, 2.24) is 15.5 Å². The molecule has 1 atom stereocenters. The molecule has 0 aromatic heterocycles. The number of hydrogen-bond acceptors (Lipinski definition) is 4. The van der Waals surface area contributed by atoms with Crippen molar-refractivity contribution >= 4 is 11.9 Å². The van der Waals surface area contributed by atoms with E-state index in [4.69, 9.17) is 9.47 Å². The fourth-order valence-electron chi connectivity index (χ4n) is 2.24. The number of amides is 1. The van der Waals surface area contributed by atoms with E-state index in [-0.39, 0.29) is 12.5 Å². The van der Waals surface area contributed by atoms with Gasteiger partial charge >= 0.3 is 0 Å². The van der Waals surface area contributed by atoms with Crippen LogP contribution < -0.4 is 15.4 Å². The summed E-state index contributed by atoms with van der Waals surface area (Å²) in [5.41, 5.74) is 1.26. The number of carbonyl (C=O) groups is 1. The molecule has 0 radical (unpaired) electrons. The number of carbonyl (C=O) groups excluding carboxylic acids is 1. The molecule has 1 unspecified atom stereocenters. The van der Waals surface area contributed by atoms with Gasteiger partial charge in [0.25, 0.3) is 0 Å². The summed E-state index contributed by atoms with van der Waals surface area (Å²) in [5, 5.41) is 6.48. The van der Waals surface area contributed by atoms with Crippen LogP contribution in [0.3, 0.4) is 0 Å². The summed E-state index contributed by atoms with van der Waals surface area (Å²) in [7, 11) is 6.76. The van der Waals surface area contributed by atoms with E-state index in [0.29, 0.717) is 25.0 Å².